The Morgan fingerprint density at radius 1 is 1.29 bits per heavy atom. The van der Waals surface area contributed by atoms with E-state index in [-0.39, 0.29) is 0 Å². The molecule has 2 heterocycles. The molecule has 2 N–H and O–H groups in total. The molecule has 1 aliphatic rings. The van der Waals surface area contributed by atoms with Crippen LogP contribution >= 0.6 is 11.3 Å². The summed E-state index contributed by atoms with van der Waals surface area (Å²) in [5, 5.41) is 0.665. The second-order valence-electron chi connectivity index (χ2n) is 5.49. The lowest BCUT2D eigenvalue weighted by Gasteiger charge is -2.31. The maximum atomic E-state index is 5.68. The van der Waals surface area contributed by atoms with Gasteiger partial charge in [-0.25, -0.2) is 4.98 Å². The Balaban J connectivity index is 1.54. The Kier molecular flexibility index (Phi) is 4.41. The maximum Gasteiger partial charge on any atom is 0.180 e. The van der Waals surface area contributed by atoms with Crippen molar-refractivity contribution in [2.75, 3.05) is 25.9 Å². The first-order valence-corrected chi connectivity index (χ1v) is 8.13. The zero-order valence-electron chi connectivity index (χ0n) is 12.3. The number of nitrogens with zero attached hydrogens (tertiary/aromatic N) is 2. The van der Waals surface area contributed by atoms with Gasteiger partial charge in [0.05, 0.1) is 7.11 Å². The molecule has 112 valence electrons. The van der Waals surface area contributed by atoms with E-state index < -0.39 is 0 Å². The molecule has 3 rings (SSSR count). The molecule has 1 fully saturated rings. The van der Waals surface area contributed by atoms with E-state index in [9.17, 15) is 0 Å². The second-order valence-corrected chi connectivity index (χ2v) is 6.64. The fourth-order valence-electron chi connectivity index (χ4n) is 2.92. The number of piperidine rings is 1. The van der Waals surface area contributed by atoms with E-state index in [1.165, 1.54) is 23.3 Å². The van der Waals surface area contributed by atoms with Crippen molar-refractivity contribution in [3.63, 3.8) is 0 Å². The van der Waals surface area contributed by atoms with Gasteiger partial charge in [-0.05, 0) is 49.5 Å². The second kappa shape index (κ2) is 6.45. The van der Waals surface area contributed by atoms with Crippen molar-refractivity contribution in [1.82, 2.24) is 9.88 Å². The van der Waals surface area contributed by atoms with Gasteiger partial charge in [0.25, 0.3) is 0 Å². The van der Waals surface area contributed by atoms with Crippen LogP contribution in [0.4, 0.5) is 5.13 Å². The van der Waals surface area contributed by atoms with E-state index in [0.29, 0.717) is 11.0 Å². The van der Waals surface area contributed by atoms with Crippen molar-refractivity contribution in [3.8, 4) is 5.75 Å². The molecule has 0 bridgehead atoms. The predicted octanol–water partition coefficient (Wildman–Crippen LogP) is 3.11. The van der Waals surface area contributed by atoms with E-state index in [1.54, 1.807) is 18.4 Å². The monoisotopic (exact) mass is 303 g/mol. The number of anilines is 1. The highest BCUT2D eigenvalue weighted by atomic mass is 32.1. The molecule has 0 radical (unpaired) electrons. The van der Waals surface area contributed by atoms with Crippen LogP contribution in [0.2, 0.25) is 0 Å². The molecule has 5 heteroatoms. The summed E-state index contributed by atoms with van der Waals surface area (Å²) in [4.78, 5) is 7.87. The number of nitrogen functional groups attached to an aromatic ring is 1. The minimum absolute atomic E-state index is 0.665. The number of hydrogen-bond acceptors (Lipinski definition) is 5. The number of ether oxygens (including phenoxy) is 1. The Morgan fingerprint density at radius 2 is 2.00 bits per heavy atom. The molecule has 0 atom stereocenters. The van der Waals surface area contributed by atoms with Crippen LogP contribution < -0.4 is 10.5 Å². The zero-order valence-corrected chi connectivity index (χ0v) is 13.1. The average Bonchev–Trinajstić information content (AvgIpc) is 2.93. The van der Waals surface area contributed by atoms with Crippen molar-refractivity contribution in [1.29, 1.82) is 0 Å². The van der Waals surface area contributed by atoms with Gasteiger partial charge in [0, 0.05) is 17.6 Å². The first kappa shape index (κ1) is 14.4. The average molecular weight is 303 g/mol. The summed E-state index contributed by atoms with van der Waals surface area (Å²) in [5.74, 6) is 1.60. The van der Waals surface area contributed by atoms with Crippen molar-refractivity contribution in [2.24, 2.45) is 0 Å². The lowest BCUT2D eigenvalue weighted by Crippen LogP contribution is -2.32. The minimum atomic E-state index is 0.665. The van der Waals surface area contributed by atoms with Gasteiger partial charge in [-0.3, -0.25) is 4.90 Å². The van der Waals surface area contributed by atoms with Gasteiger partial charge in [0.1, 0.15) is 5.75 Å². The number of likely N-dealkylation sites (tertiary alicyclic amines) is 1. The number of methoxy groups -OCH3 is 1. The van der Waals surface area contributed by atoms with E-state index in [0.717, 1.165) is 25.4 Å². The molecule has 21 heavy (non-hydrogen) atoms. The highest BCUT2D eigenvalue weighted by molar-refractivity contribution is 7.15. The fraction of sp³-hybridized carbons (Fsp3) is 0.438. The van der Waals surface area contributed by atoms with Crippen LogP contribution in [-0.2, 0) is 6.54 Å². The molecule has 0 unspecified atom stereocenters. The number of thiazole rings is 1. The fourth-order valence-corrected chi connectivity index (χ4v) is 3.64. The Bertz CT molecular complexity index is 573. The van der Waals surface area contributed by atoms with Crippen LogP contribution in [0.3, 0.4) is 0 Å². The van der Waals surface area contributed by atoms with Gasteiger partial charge in [0.2, 0.25) is 0 Å². The quantitative estimate of drug-likeness (QED) is 0.943. The van der Waals surface area contributed by atoms with Crippen LogP contribution in [0.1, 0.15) is 29.2 Å². The Morgan fingerprint density at radius 3 is 2.57 bits per heavy atom. The molecule has 1 aliphatic heterocycles. The van der Waals surface area contributed by atoms with E-state index in [2.05, 4.69) is 34.1 Å². The molecule has 0 saturated carbocycles. The third-order valence-electron chi connectivity index (χ3n) is 4.13. The van der Waals surface area contributed by atoms with Crippen LogP contribution in [-0.4, -0.2) is 30.1 Å². The molecule has 0 aliphatic carbocycles. The summed E-state index contributed by atoms with van der Waals surface area (Å²) in [6.07, 6.45) is 4.32. The number of benzene rings is 1. The van der Waals surface area contributed by atoms with Gasteiger partial charge < -0.3 is 10.5 Å². The smallest absolute Gasteiger partial charge is 0.180 e. The summed E-state index contributed by atoms with van der Waals surface area (Å²) in [5.41, 5.74) is 7.11. The van der Waals surface area contributed by atoms with Crippen LogP contribution in [0.25, 0.3) is 0 Å². The summed E-state index contributed by atoms with van der Waals surface area (Å²) in [6, 6.07) is 8.51. The first-order valence-electron chi connectivity index (χ1n) is 7.31. The molecule has 0 amide bonds. The molecule has 1 aromatic heterocycles. The Labute approximate surface area is 129 Å². The summed E-state index contributed by atoms with van der Waals surface area (Å²) in [6.45, 7) is 3.24. The standard InChI is InChI=1S/C16H21N3OS/c1-20-14-4-2-12(3-5-14)13-6-8-19(9-7-13)11-15-10-18-16(17)21-15/h2-5,10,13H,6-9,11H2,1H3,(H2,17,18). The molecular weight excluding hydrogens is 282 g/mol. The third kappa shape index (κ3) is 3.54. The van der Waals surface area contributed by atoms with E-state index in [1.807, 2.05) is 6.20 Å². The number of rotatable bonds is 4. The molecular formula is C16H21N3OS. The molecule has 4 nitrogen and oxygen atoms in total. The summed E-state index contributed by atoms with van der Waals surface area (Å²) < 4.78 is 5.22. The maximum absolute atomic E-state index is 5.68. The minimum Gasteiger partial charge on any atom is -0.497 e. The van der Waals surface area contributed by atoms with Crippen molar-refractivity contribution >= 4 is 16.5 Å². The first-order chi connectivity index (χ1) is 10.2. The van der Waals surface area contributed by atoms with Crippen LogP contribution in [0, 0.1) is 0 Å². The lowest BCUT2D eigenvalue weighted by atomic mass is 9.89. The highest BCUT2D eigenvalue weighted by Crippen LogP contribution is 2.30. The van der Waals surface area contributed by atoms with Gasteiger partial charge in [-0.1, -0.05) is 12.1 Å². The van der Waals surface area contributed by atoms with Crippen LogP contribution in [0.15, 0.2) is 30.5 Å². The topological polar surface area (TPSA) is 51.4 Å². The van der Waals surface area contributed by atoms with Gasteiger partial charge in [-0.2, -0.15) is 0 Å². The summed E-state index contributed by atoms with van der Waals surface area (Å²) in [7, 11) is 1.71. The SMILES string of the molecule is COc1ccc(C2CCN(Cc3cnc(N)s3)CC2)cc1. The predicted molar refractivity (Wildman–Crippen MR) is 86.8 cm³/mol. The number of aromatic nitrogens is 1. The van der Waals surface area contributed by atoms with Crippen molar-refractivity contribution in [2.45, 2.75) is 25.3 Å². The van der Waals surface area contributed by atoms with Crippen LogP contribution in [0.5, 0.6) is 5.75 Å². The Hall–Kier alpha value is -1.59. The van der Waals surface area contributed by atoms with Crippen molar-refractivity contribution < 1.29 is 4.74 Å². The molecule has 0 spiro atoms. The third-order valence-corrected chi connectivity index (χ3v) is 4.94. The lowest BCUT2D eigenvalue weighted by molar-refractivity contribution is 0.206. The number of nitrogens with two attached hydrogens (primary N) is 1. The highest BCUT2D eigenvalue weighted by Gasteiger charge is 2.21. The normalized spacial score (nSPS) is 17.0. The van der Waals surface area contributed by atoms with Gasteiger partial charge >= 0.3 is 0 Å². The molecule has 1 saturated heterocycles. The zero-order chi connectivity index (χ0) is 14.7. The summed E-state index contributed by atoms with van der Waals surface area (Å²) >= 11 is 1.59. The van der Waals surface area contributed by atoms with Gasteiger partial charge in [0.15, 0.2) is 5.13 Å². The van der Waals surface area contributed by atoms with Crippen molar-refractivity contribution in [3.05, 3.63) is 40.9 Å². The molecule has 2 aromatic rings. The van der Waals surface area contributed by atoms with E-state index >= 15 is 0 Å². The molecule has 1 aromatic carbocycles. The van der Waals surface area contributed by atoms with E-state index in [4.69, 9.17) is 10.5 Å². The number of hydrogen-bond donors (Lipinski definition) is 1. The largest absolute Gasteiger partial charge is 0.497 e. The van der Waals surface area contributed by atoms with Gasteiger partial charge in [-0.15, -0.1) is 11.3 Å².